The molecule has 5 N–H and O–H groups in total. The molecule has 9 heteroatoms. The third-order valence-electron chi connectivity index (χ3n) is 1.25. The summed E-state index contributed by atoms with van der Waals surface area (Å²) in [5, 5.41) is 38.9. The number of aliphatic hydroxyl groups is 1. The van der Waals surface area contributed by atoms with E-state index in [1.807, 2.05) is 0 Å². The average molecular weight is 416 g/mol. The van der Waals surface area contributed by atoms with Gasteiger partial charge in [0.2, 0.25) is 0 Å². The van der Waals surface area contributed by atoms with E-state index in [-0.39, 0.29) is 32.4 Å². The van der Waals surface area contributed by atoms with Crippen LogP contribution in [0.15, 0.2) is 0 Å². The predicted octanol–water partition coefficient (Wildman–Crippen LogP) is -5.26. The standard InChI is InChI=1S/C6H8O7.Bi.H3N/c7-3(8)1-6(13,5(11)12)2-4(9)10;;/h13H,1-2H2,(H,7,8)(H,9,10)(H,11,12);;1H3/q;+2;/p-2. The largest absolute Gasteiger partial charge is 2.00 e. The Morgan fingerprint density at radius 1 is 1.00 bits per heavy atom. The number of carbonyl (C=O) groups is 3. The van der Waals surface area contributed by atoms with Crippen molar-refractivity contribution in [1.29, 1.82) is 0 Å². The topological polar surface area (TPSA) is 177 Å². The zero-order valence-electron chi connectivity index (χ0n) is 7.76. The molecule has 85 valence electrons. The van der Waals surface area contributed by atoms with Crippen LogP contribution in [0.1, 0.15) is 12.8 Å². The van der Waals surface area contributed by atoms with E-state index in [2.05, 4.69) is 0 Å². The summed E-state index contributed by atoms with van der Waals surface area (Å²) < 4.78 is 0. The first-order chi connectivity index (χ1) is 5.78. The molecule has 15 heavy (non-hydrogen) atoms. The van der Waals surface area contributed by atoms with Gasteiger partial charge in [-0.25, -0.2) is 0 Å². The molecule has 0 saturated heterocycles. The fraction of sp³-hybridized carbons (Fsp3) is 0.500. The Bertz CT molecular complexity index is 238. The van der Waals surface area contributed by atoms with Gasteiger partial charge in [-0.15, -0.1) is 0 Å². The Hall–Kier alpha value is -0.787. The number of aliphatic carboxylic acids is 3. The maximum absolute atomic E-state index is 10.1. The van der Waals surface area contributed by atoms with Crippen LogP contribution >= 0.6 is 0 Å². The second-order valence-electron chi connectivity index (χ2n) is 2.42. The quantitative estimate of drug-likeness (QED) is 0.421. The Balaban J connectivity index is -0.000000720. The smallest absolute Gasteiger partial charge is 0.550 e. The second kappa shape index (κ2) is 7.50. The maximum Gasteiger partial charge on any atom is 2.00 e. The summed E-state index contributed by atoms with van der Waals surface area (Å²) in [7, 11) is 0. The van der Waals surface area contributed by atoms with Gasteiger partial charge in [0, 0.05) is 24.8 Å². The van der Waals surface area contributed by atoms with E-state index in [0.717, 1.165) is 0 Å². The van der Waals surface area contributed by atoms with Gasteiger partial charge >= 0.3 is 26.2 Å². The molecule has 0 fully saturated rings. The van der Waals surface area contributed by atoms with Crippen LogP contribution in [0.4, 0.5) is 0 Å². The molecule has 0 atom stereocenters. The fourth-order valence-electron chi connectivity index (χ4n) is 0.684. The average Bonchev–Trinajstić information content (AvgIpc) is 1.82. The number of hydrogen-bond acceptors (Lipinski definition) is 7. The van der Waals surface area contributed by atoms with E-state index in [1.165, 1.54) is 0 Å². The van der Waals surface area contributed by atoms with Crippen molar-refractivity contribution in [3.63, 3.8) is 0 Å². The van der Waals surface area contributed by atoms with Gasteiger partial charge in [-0.2, -0.15) is 0 Å². The summed E-state index contributed by atoms with van der Waals surface area (Å²) in [5.74, 6) is -5.98. The predicted molar refractivity (Wildman–Crippen MR) is 40.9 cm³/mol. The van der Waals surface area contributed by atoms with Crippen LogP contribution in [0, 0.1) is 0 Å². The van der Waals surface area contributed by atoms with Crippen molar-refractivity contribution in [2.24, 2.45) is 0 Å². The monoisotopic (exact) mass is 416 g/mol. The molecule has 0 aliphatic rings. The minimum Gasteiger partial charge on any atom is -0.550 e. The number of rotatable bonds is 5. The van der Waals surface area contributed by atoms with Gasteiger partial charge < -0.3 is 41.0 Å². The number of hydrogen-bond donors (Lipinski definition) is 2. The van der Waals surface area contributed by atoms with Crippen LogP contribution in [-0.4, -0.2) is 54.8 Å². The van der Waals surface area contributed by atoms with E-state index < -0.39 is 36.4 Å². The number of quaternary nitrogens is 1. The van der Waals surface area contributed by atoms with Crippen LogP contribution in [0.2, 0.25) is 0 Å². The summed E-state index contributed by atoms with van der Waals surface area (Å²) in [5.41, 5.74) is -2.97. The molecule has 0 amide bonds. The van der Waals surface area contributed by atoms with Gasteiger partial charge in [0.15, 0.2) is 0 Å². The van der Waals surface area contributed by atoms with Crippen LogP contribution < -0.4 is 21.5 Å². The van der Waals surface area contributed by atoms with Gasteiger partial charge in [-0.3, -0.25) is 0 Å². The molecular formula is C6H9BiNO7. The normalized spacial score (nSPS) is 9.40. The molecule has 0 aliphatic carbocycles. The number of carboxylic acids is 3. The summed E-state index contributed by atoms with van der Waals surface area (Å²) in [6.45, 7) is 0. The minimum atomic E-state index is -2.97. The van der Waals surface area contributed by atoms with Crippen molar-refractivity contribution in [3.8, 4) is 0 Å². The van der Waals surface area contributed by atoms with E-state index >= 15 is 0 Å². The first-order valence-electron chi connectivity index (χ1n) is 3.11. The Labute approximate surface area is 104 Å². The van der Waals surface area contributed by atoms with Crippen molar-refractivity contribution in [1.82, 2.24) is 6.15 Å². The molecule has 0 aromatic rings. The van der Waals surface area contributed by atoms with Crippen LogP contribution in [0.25, 0.3) is 0 Å². The maximum atomic E-state index is 10.1. The summed E-state index contributed by atoms with van der Waals surface area (Å²) >= 11 is 0. The third kappa shape index (κ3) is 7.18. The zero-order chi connectivity index (χ0) is 10.6. The molecule has 0 rings (SSSR count). The van der Waals surface area contributed by atoms with Gasteiger partial charge in [0.05, 0.1) is 5.97 Å². The molecule has 0 bridgehead atoms. The van der Waals surface area contributed by atoms with Gasteiger partial charge in [0.1, 0.15) is 5.60 Å². The van der Waals surface area contributed by atoms with Crippen molar-refractivity contribution in [3.05, 3.63) is 0 Å². The Morgan fingerprint density at radius 2 is 1.27 bits per heavy atom. The number of carboxylic acid groups (broad SMARTS) is 3. The van der Waals surface area contributed by atoms with Crippen molar-refractivity contribution in [2.75, 3.05) is 0 Å². The Morgan fingerprint density at radius 3 is 1.40 bits per heavy atom. The van der Waals surface area contributed by atoms with E-state index in [1.54, 1.807) is 0 Å². The molecule has 3 radical (unpaired) electrons. The molecule has 0 aliphatic heterocycles. The fourth-order valence-corrected chi connectivity index (χ4v) is 0.684. The molecule has 0 spiro atoms. The molecule has 0 unspecified atom stereocenters. The van der Waals surface area contributed by atoms with Gasteiger partial charge in [-0.05, 0) is 0 Å². The third-order valence-corrected chi connectivity index (χ3v) is 1.25. The van der Waals surface area contributed by atoms with Crippen molar-refractivity contribution >= 4 is 44.1 Å². The molecule has 0 saturated carbocycles. The summed E-state index contributed by atoms with van der Waals surface area (Å²) in [6, 6.07) is 0. The van der Waals surface area contributed by atoms with Crippen molar-refractivity contribution in [2.45, 2.75) is 18.4 Å². The van der Waals surface area contributed by atoms with Crippen LogP contribution in [0.3, 0.4) is 0 Å². The van der Waals surface area contributed by atoms with Gasteiger partial charge in [-0.1, -0.05) is 0 Å². The second-order valence-corrected chi connectivity index (χ2v) is 2.42. The van der Waals surface area contributed by atoms with Gasteiger partial charge in [0.25, 0.3) is 0 Å². The van der Waals surface area contributed by atoms with Crippen LogP contribution in [0.5, 0.6) is 0 Å². The summed E-state index contributed by atoms with van der Waals surface area (Å²) in [4.78, 5) is 30.0. The number of carbonyl (C=O) groups excluding carboxylic acids is 3. The van der Waals surface area contributed by atoms with E-state index in [4.69, 9.17) is 5.11 Å². The zero-order valence-corrected chi connectivity index (χ0v) is 11.2. The molecule has 0 aromatic heterocycles. The Kier molecular flexibility index (Phi) is 9.86. The van der Waals surface area contributed by atoms with E-state index in [9.17, 15) is 29.7 Å². The SMILES string of the molecule is O=C([O-])CC(O)(CC(=O)[O-])C(=O)[O-].[Bi+2].[NH4+]. The molecular weight excluding hydrogens is 407 g/mol. The first-order valence-corrected chi connectivity index (χ1v) is 3.11. The molecule has 0 heterocycles. The van der Waals surface area contributed by atoms with Crippen LogP contribution in [-0.2, 0) is 14.4 Å². The first kappa shape index (κ1) is 19.7. The minimum absolute atomic E-state index is 0. The molecule has 8 nitrogen and oxygen atoms in total. The molecule has 0 aromatic carbocycles. The summed E-state index contributed by atoms with van der Waals surface area (Å²) in [6.07, 6.45) is -2.72. The van der Waals surface area contributed by atoms with Crippen molar-refractivity contribution < 1.29 is 34.8 Å². The van der Waals surface area contributed by atoms with E-state index in [0.29, 0.717) is 0 Å².